The van der Waals surface area contributed by atoms with Crippen molar-refractivity contribution in [1.82, 2.24) is 9.88 Å². The van der Waals surface area contributed by atoms with Crippen LogP contribution in [0.5, 0.6) is 0 Å². The first-order chi connectivity index (χ1) is 7.97. The predicted molar refractivity (Wildman–Crippen MR) is 67.2 cm³/mol. The summed E-state index contributed by atoms with van der Waals surface area (Å²) in [5.74, 6) is -0.615. The molecule has 1 aliphatic heterocycles. The second-order valence-corrected chi connectivity index (χ2v) is 6.12. The highest BCUT2D eigenvalue weighted by atomic mass is 32.1. The van der Waals surface area contributed by atoms with Gasteiger partial charge in [-0.3, -0.25) is 9.69 Å². The minimum atomic E-state index is -0.685. The molecule has 1 aromatic rings. The lowest BCUT2D eigenvalue weighted by molar-refractivity contribution is -0.145. The van der Waals surface area contributed by atoms with Gasteiger partial charge in [-0.25, -0.2) is 4.98 Å². The van der Waals surface area contributed by atoms with Crippen molar-refractivity contribution in [2.75, 3.05) is 13.1 Å². The third kappa shape index (κ3) is 2.66. The molecule has 17 heavy (non-hydrogen) atoms. The van der Waals surface area contributed by atoms with Crippen LogP contribution in [0.1, 0.15) is 22.5 Å². The number of nitrogens with zero attached hydrogens (tertiary/aromatic N) is 2. The highest BCUT2D eigenvalue weighted by Crippen LogP contribution is 2.27. The largest absolute Gasteiger partial charge is 0.481 e. The van der Waals surface area contributed by atoms with Gasteiger partial charge in [0.1, 0.15) is 5.01 Å². The van der Waals surface area contributed by atoms with Crippen LogP contribution in [0.15, 0.2) is 0 Å². The Labute approximate surface area is 105 Å². The van der Waals surface area contributed by atoms with Crippen LogP contribution in [0, 0.1) is 25.7 Å². The van der Waals surface area contributed by atoms with Gasteiger partial charge in [0.25, 0.3) is 0 Å². The first kappa shape index (κ1) is 12.5. The topological polar surface area (TPSA) is 53.4 Å². The van der Waals surface area contributed by atoms with Crippen molar-refractivity contribution in [2.24, 2.45) is 11.8 Å². The average molecular weight is 254 g/mol. The van der Waals surface area contributed by atoms with Gasteiger partial charge in [-0.2, -0.15) is 0 Å². The second-order valence-electron chi connectivity index (χ2n) is 4.83. The van der Waals surface area contributed by atoms with Crippen molar-refractivity contribution < 1.29 is 9.90 Å². The molecule has 4 nitrogen and oxygen atoms in total. The van der Waals surface area contributed by atoms with E-state index >= 15 is 0 Å². The number of likely N-dealkylation sites (tertiary alicyclic amines) is 1. The normalized spacial score (nSPS) is 19.0. The summed E-state index contributed by atoms with van der Waals surface area (Å²) in [5.41, 5.74) is 1.11. The van der Waals surface area contributed by atoms with E-state index < -0.39 is 5.97 Å². The van der Waals surface area contributed by atoms with Crippen molar-refractivity contribution >= 4 is 17.3 Å². The maximum absolute atomic E-state index is 10.8. The average Bonchev–Trinajstić information content (AvgIpc) is 2.50. The molecule has 1 aliphatic rings. The highest BCUT2D eigenvalue weighted by molar-refractivity contribution is 7.11. The van der Waals surface area contributed by atoms with E-state index in [0.29, 0.717) is 5.92 Å². The van der Waals surface area contributed by atoms with E-state index in [1.165, 1.54) is 4.88 Å². The van der Waals surface area contributed by atoms with Gasteiger partial charge >= 0.3 is 5.97 Å². The lowest BCUT2D eigenvalue weighted by atomic mass is 9.87. The zero-order chi connectivity index (χ0) is 12.6. The maximum atomic E-state index is 10.8. The molecule has 0 bridgehead atoms. The number of aliphatic carboxylic acids is 1. The third-order valence-corrected chi connectivity index (χ3v) is 4.57. The Kier molecular flexibility index (Phi) is 3.49. The standard InChI is InChI=1S/C12H18N2O2S/c1-7(12(15)16)10-4-14(5-10)6-11-13-8(2)9(3)17-11/h7,10H,4-6H2,1-3H3,(H,15,16). The number of rotatable bonds is 4. The summed E-state index contributed by atoms with van der Waals surface area (Å²) in [6.07, 6.45) is 0. The molecule has 1 fully saturated rings. The quantitative estimate of drug-likeness (QED) is 0.892. The molecule has 0 saturated carbocycles. The predicted octanol–water partition coefficient (Wildman–Crippen LogP) is 1.91. The molecule has 0 spiro atoms. The first-order valence-corrected chi connectivity index (χ1v) is 6.67. The summed E-state index contributed by atoms with van der Waals surface area (Å²) in [6, 6.07) is 0. The fourth-order valence-corrected chi connectivity index (χ4v) is 3.03. The molecule has 0 radical (unpaired) electrons. The van der Waals surface area contributed by atoms with Crippen molar-refractivity contribution in [2.45, 2.75) is 27.3 Å². The van der Waals surface area contributed by atoms with Crippen LogP contribution in [0.2, 0.25) is 0 Å². The summed E-state index contributed by atoms with van der Waals surface area (Å²) < 4.78 is 0. The smallest absolute Gasteiger partial charge is 0.306 e. The van der Waals surface area contributed by atoms with E-state index in [1.54, 1.807) is 18.3 Å². The molecule has 1 atom stereocenters. The van der Waals surface area contributed by atoms with Crippen molar-refractivity contribution in [3.05, 3.63) is 15.6 Å². The van der Waals surface area contributed by atoms with Crippen molar-refractivity contribution in [3.8, 4) is 0 Å². The van der Waals surface area contributed by atoms with Crippen LogP contribution < -0.4 is 0 Å². The van der Waals surface area contributed by atoms with Crippen LogP contribution in [-0.2, 0) is 11.3 Å². The molecule has 1 saturated heterocycles. The zero-order valence-electron chi connectivity index (χ0n) is 10.4. The number of hydrogen-bond donors (Lipinski definition) is 1. The molecule has 1 aromatic heterocycles. The van der Waals surface area contributed by atoms with Gasteiger partial charge in [0.2, 0.25) is 0 Å². The Morgan fingerprint density at radius 2 is 2.24 bits per heavy atom. The molecule has 0 aliphatic carbocycles. The molecule has 0 amide bonds. The van der Waals surface area contributed by atoms with E-state index in [-0.39, 0.29) is 5.92 Å². The van der Waals surface area contributed by atoms with Gasteiger partial charge in [0, 0.05) is 18.0 Å². The molecule has 5 heteroatoms. The summed E-state index contributed by atoms with van der Waals surface area (Å²) in [5, 5.41) is 10.0. The summed E-state index contributed by atoms with van der Waals surface area (Å²) in [7, 11) is 0. The molecular weight excluding hydrogens is 236 g/mol. The molecule has 2 heterocycles. The number of aryl methyl sites for hydroxylation is 2. The fraction of sp³-hybridized carbons (Fsp3) is 0.667. The van der Waals surface area contributed by atoms with Gasteiger partial charge < -0.3 is 5.11 Å². The maximum Gasteiger partial charge on any atom is 0.306 e. The Bertz CT molecular complexity index is 405. The van der Waals surface area contributed by atoms with Crippen LogP contribution in [0.25, 0.3) is 0 Å². The van der Waals surface area contributed by atoms with Crippen LogP contribution in [0.4, 0.5) is 0 Å². The van der Waals surface area contributed by atoms with Crippen LogP contribution in [-0.4, -0.2) is 34.0 Å². The van der Waals surface area contributed by atoms with Crippen molar-refractivity contribution in [1.29, 1.82) is 0 Å². The minimum absolute atomic E-state index is 0.231. The van der Waals surface area contributed by atoms with Gasteiger partial charge in [-0.15, -0.1) is 11.3 Å². The Hall–Kier alpha value is -0.940. The lowest BCUT2D eigenvalue weighted by Gasteiger charge is -2.40. The minimum Gasteiger partial charge on any atom is -0.481 e. The number of thiazole rings is 1. The molecule has 94 valence electrons. The number of carbonyl (C=O) groups is 1. The van der Waals surface area contributed by atoms with Crippen LogP contribution >= 0.6 is 11.3 Å². The monoisotopic (exact) mass is 254 g/mol. The molecule has 1 N–H and O–H groups in total. The van der Waals surface area contributed by atoms with Gasteiger partial charge in [-0.1, -0.05) is 6.92 Å². The first-order valence-electron chi connectivity index (χ1n) is 5.85. The van der Waals surface area contributed by atoms with Gasteiger partial charge in [0.15, 0.2) is 0 Å². The van der Waals surface area contributed by atoms with Gasteiger partial charge in [0.05, 0.1) is 18.2 Å². The zero-order valence-corrected chi connectivity index (χ0v) is 11.3. The Morgan fingerprint density at radius 1 is 1.59 bits per heavy atom. The summed E-state index contributed by atoms with van der Waals surface area (Å²) >= 11 is 1.74. The number of carboxylic acid groups (broad SMARTS) is 1. The molecule has 0 aromatic carbocycles. The fourth-order valence-electron chi connectivity index (χ4n) is 2.05. The number of hydrogen-bond acceptors (Lipinski definition) is 4. The number of carboxylic acids is 1. The van der Waals surface area contributed by atoms with E-state index in [4.69, 9.17) is 5.11 Å². The summed E-state index contributed by atoms with van der Waals surface area (Å²) in [4.78, 5) is 18.9. The van der Waals surface area contributed by atoms with Crippen LogP contribution in [0.3, 0.4) is 0 Å². The van der Waals surface area contributed by atoms with E-state index in [2.05, 4.69) is 16.8 Å². The van der Waals surface area contributed by atoms with Gasteiger partial charge in [-0.05, 0) is 19.8 Å². The molecule has 1 unspecified atom stereocenters. The van der Waals surface area contributed by atoms with E-state index in [1.807, 2.05) is 6.92 Å². The molecule has 2 rings (SSSR count). The van der Waals surface area contributed by atoms with E-state index in [0.717, 1.165) is 30.3 Å². The lowest BCUT2D eigenvalue weighted by Crippen LogP contribution is -2.50. The highest BCUT2D eigenvalue weighted by Gasteiger charge is 2.34. The SMILES string of the molecule is Cc1nc(CN2CC(C(C)C(=O)O)C2)sc1C. The summed E-state index contributed by atoms with van der Waals surface area (Å²) in [6.45, 7) is 8.53. The Morgan fingerprint density at radius 3 is 2.71 bits per heavy atom. The molecular formula is C12H18N2O2S. The van der Waals surface area contributed by atoms with Crippen molar-refractivity contribution in [3.63, 3.8) is 0 Å². The van der Waals surface area contributed by atoms with E-state index in [9.17, 15) is 4.79 Å². The third-order valence-electron chi connectivity index (χ3n) is 3.51. The number of aromatic nitrogens is 1. The second kappa shape index (κ2) is 4.74. The Balaban J connectivity index is 1.83.